The van der Waals surface area contributed by atoms with Crippen LogP contribution in [0.5, 0.6) is 5.75 Å². The van der Waals surface area contributed by atoms with E-state index in [1.807, 2.05) is 0 Å². The fraction of sp³-hybridized carbons (Fsp3) is 0.467. The van der Waals surface area contributed by atoms with E-state index in [-0.39, 0.29) is 12.2 Å². The Balaban J connectivity index is 2.37. The highest BCUT2D eigenvalue weighted by molar-refractivity contribution is 5.82. The minimum atomic E-state index is -1.28. The molecule has 0 saturated carbocycles. The van der Waals surface area contributed by atoms with Crippen molar-refractivity contribution in [3.63, 3.8) is 0 Å². The number of hydrogen-bond acceptors (Lipinski definition) is 6. The van der Waals surface area contributed by atoms with Gasteiger partial charge in [-0.3, -0.25) is 5.32 Å². The Hall–Kier alpha value is -2.08. The van der Waals surface area contributed by atoms with E-state index >= 15 is 0 Å². The number of carbonyl (C=O) groups excluding carboxylic acids is 2. The predicted molar refractivity (Wildman–Crippen MR) is 72.3 cm³/mol. The van der Waals surface area contributed by atoms with Crippen LogP contribution in [0.15, 0.2) is 18.2 Å². The number of aliphatic carboxylic acids is 1. The van der Waals surface area contributed by atoms with E-state index in [0.29, 0.717) is 11.1 Å². The Morgan fingerprint density at radius 1 is 1.38 bits per heavy atom. The SMILES string of the molecule is CC(C)(C)OC(=O)[C@H]1N[C@@H](C(=O)[O-])Cc2ccc(O)cc21. The summed E-state index contributed by atoms with van der Waals surface area (Å²) in [6.07, 6.45) is 0.192. The summed E-state index contributed by atoms with van der Waals surface area (Å²) in [6.45, 7) is 5.19. The van der Waals surface area contributed by atoms with Gasteiger partial charge in [0.1, 0.15) is 17.4 Å². The van der Waals surface area contributed by atoms with E-state index in [4.69, 9.17) is 4.74 Å². The van der Waals surface area contributed by atoms with Crippen molar-refractivity contribution in [2.45, 2.75) is 44.9 Å². The van der Waals surface area contributed by atoms with Crippen molar-refractivity contribution < 1.29 is 24.5 Å². The molecule has 0 aromatic heterocycles. The topological polar surface area (TPSA) is 98.7 Å². The molecule has 0 saturated heterocycles. The first kappa shape index (κ1) is 15.3. The molecule has 1 aliphatic rings. The van der Waals surface area contributed by atoms with Crippen LogP contribution < -0.4 is 10.4 Å². The van der Waals surface area contributed by atoms with Crippen LogP contribution >= 0.6 is 0 Å². The third-order valence-corrected chi connectivity index (χ3v) is 3.16. The van der Waals surface area contributed by atoms with E-state index in [9.17, 15) is 19.8 Å². The molecule has 0 amide bonds. The Bertz CT molecular complexity index is 576. The Kier molecular flexibility index (Phi) is 3.91. The molecular formula is C15H18NO5-. The summed E-state index contributed by atoms with van der Waals surface area (Å²) in [6, 6.07) is 2.60. The first-order valence-corrected chi connectivity index (χ1v) is 6.69. The van der Waals surface area contributed by atoms with Crippen molar-refractivity contribution in [2.24, 2.45) is 0 Å². The molecule has 0 unspecified atom stereocenters. The van der Waals surface area contributed by atoms with Gasteiger partial charge < -0.3 is 19.7 Å². The molecule has 114 valence electrons. The Labute approximate surface area is 122 Å². The van der Waals surface area contributed by atoms with Gasteiger partial charge in [0.2, 0.25) is 0 Å². The maximum Gasteiger partial charge on any atom is 0.328 e. The molecule has 1 aromatic carbocycles. The lowest BCUT2D eigenvalue weighted by molar-refractivity contribution is -0.308. The summed E-state index contributed by atoms with van der Waals surface area (Å²) in [5.74, 6) is -1.85. The zero-order valence-electron chi connectivity index (χ0n) is 12.2. The van der Waals surface area contributed by atoms with Gasteiger partial charge in [0.25, 0.3) is 0 Å². The Morgan fingerprint density at radius 3 is 2.62 bits per heavy atom. The smallest absolute Gasteiger partial charge is 0.328 e. The van der Waals surface area contributed by atoms with Crippen molar-refractivity contribution in [2.75, 3.05) is 0 Å². The number of esters is 1. The van der Waals surface area contributed by atoms with Crippen LogP contribution in [0.4, 0.5) is 0 Å². The summed E-state index contributed by atoms with van der Waals surface area (Å²) in [5.41, 5.74) is 0.517. The summed E-state index contributed by atoms with van der Waals surface area (Å²) >= 11 is 0. The molecule has 1 heterocycles. The van der Waals surface area contributed by atoms with Gasteiger partial charge in [0.15, 0.2) is 0 Å². The molecule has 0 radical (unpaired) electrons. The standard InChI is InChI=1S/C15H19NO5/c1-15(2,3)21-14(20)12-10-7-9(17)5-4-8(10)6-11(16-12)13(18)19/h4-5,7,11-12,16-17H,6H2,1-3H3,(H,18,19)/p-1/t11-,12+/m1/s1. The average molecular weight is 292 g/mol. The minimum absolute atomic E-state index is 0.0102. The predicted octanol–water partition coefficient (Wildman–Crippen LogP) is 0.0392. The molecule has 0 bridgehead atoms. The Morgan fingerprint density at radius 2 is 2.05 bits per heavy atom. The highest BCUT2D eigenvalue weighted by atomic mass is 16.6. The highest BCUT2D eigenvalue weighted by Gasteiger charge is 2.34. The number of hydrogen-bond donors (Lipinski definition) is 2. The van der Waals surface area contributed by atoms with Crippen molar-refractivity contribution in [1.29, 1.82) is 0 Å². The van der Waals surface area contributed by atoms with Crippen LogP contribution in [0.2, 0.25) is 0 Å². The van der Waals surface area contributed by atoms with Crippen LogP contribution in [0, 0.1) is 0 Å². The zero-order valence-corrected chi connectivity index (χ0v) is 12.2. The maximum atomic E-state index is 12.3. The van der Waals surface area contributed by atoms with Gasteiger partial charge in [0.05, 0.1) is 12.0 Å². The number of fused-ring (bicyclic) bond motifs is 1. The molecule has 2 atom stereocenters. The molecule has 0 fully saturated rings. The lowest BCUT2D eigenvalue weighted by atomic mass is 9.90. The number of carboxylic acid groups (broad SMARTS) is 1. The summed E-state index contributed by atoms with van der Waals surface area (Å²) < 4.78 is 5.31. The van der Waals surface area contributed by atoms with E-state index in [2.05, 4.69) is 5.32 Å². The molecular weight excluding hydrogens is 274 g/mol. The van der Waals surface area contributed by atoms with E-state index in [1.54, 1.807) is 26.8 Å². The van der Waals surface area contributed by atoms with E-state index in [1.165, 1.54) is 12.1 Å². The first-order valence-electron chi connectivity index (χ1n) is 6.69. The fourth-order valence-electron chi connectivity index (χ4n) is 2.31. The van der Waals surface area contributed by atoms with Gasteiger partial charge in [-0.2, -0.15) is 0 Å². The highest BCUT2D eigenvalue weighted by Crippen LogP contribution is 2.30. The monoisotopic (exact) mass is 292 g/mol. The second kappa shape index (κ2) is 5.37. The van der Waals surface area contributed by atoms with Crippen molar-refractivity contribution in [3.05, 3.63) is 29.3 Å². The number of carboxylic acids is 1. The number of carbonyl (C=O) groups is 2. The van der Waals surface area contributed by atoms with Crippen LogP contribution in [-0.4, -0.2) is 28.7 Å². The van der Waals surface area contributed by atoms with Crippen molar-refractivity contribution in [3.8, 4) is 5.75 Å². The van der Waals surface area contributed by atoms with Gasteiger partial charge in [-0.25, -0.2) is 4.79 Å². The molecule has 2 N–H and O–H groups in total. The van der Waals surface area contributed by atoms with E-state index < -0.39 is 29.6 Å². The van der Waals surface area contributed by atoms with Gasteiger partial charge in [0, 0.05) is 0 Å². The average Bonchev–Trinajstić information content (AvgIpc) is 2.35. The second-order valence-corrected chi connectivity index (χ2v) is 6.09. The molecule has 2 rings (SSSR count). The third kappa shape index (κ3) is 3.52. The normalized spacial score (nSPS) is 21.5. The van der Waals surface area contributed by atoms with Crippen LogP contribution in [0.1, 0.15) is 37.9 Å². The van der Waals surface area contributed by atoms with Gasteiger partial charge in [-0.15, -0.1) is 0 Å². The fourth-order valence-corrected chi connectivity index (χ4v) is 2.31. The van der Waals surface area contributed by atoms with Crippen LogP contribution in [0.25, 0.3) is 0 Å². The maximum absolute atomic E-state index is 12.3. The summed E-state index contributed by atoms with van der Waals surface area (Å²) in [5, 5.41) is 23.4. The van der Waals surface area contributed by atoms with Gasteiger partial charge in [-0.1, -0.05) is 6.07 Å². The molecule has 6 heteroatoms. The van der Waals surface area contributed by atoms with Crippen molar-refractivity contribution >= 4 is 11.9 Å². The summed E-state index contributed by atoms with van der Waals surface area (Å²) in [4.78, 5) is 23.4. The van der Waals surface area contributed by atoms with Crippen molar-refractivity contribution in [1.82, 2.24) is 5.32 Å². The number of phenolic OH excluding ortho intramolecular Hbond substituents is 1. The van der Waals surface area contributed by atoms with Gasteiger partial charge >= 0.3 is 5.97 Å². The molecule has 1 aliphatic heterocycles. The third-order valence-electron chi connectivity index (χ3n) is 3.16. The second-order valence-electron chi connectivity index (χ2n) is 6.09. The lowest BCUT2D eigenvalue weighted by Gasteiger charge is -2.34. The quantitative estimate of drug-likeness (QED) is 0.747. The molecule has 6 nitrogen and oxygen atoms in total. The zero-order chi connectivity index (χ0) is 15.8. The summed E-state index contributed by atoms with van der Waals surface area (Å²) in [7, 11) is 0. The van der Waals surface area contributed by atoms with Gasteiger partial charge in [-0.05, 0) is 50.5 Å². The first-order chi connectivity index (χ1) is 9.67. The largest absolute Gasteiger partial charge is 0.548 e. The number of aromatic hydroxyl groups is 1. The molecule has 0 spiro atoms. The number of nitrogens with one attached hydrogen (secondary N) is 1. The van der Waals surface area contributed by atoms with Crippen LogP contribution in [0.3, 0.4) is 0 Å². The molecule has 21 heavy (non-hydrogen) atoms. The number of ether oxygens (including phenoxy) is 1. The van der Waals surface area contributed by atoms with E-state index in [0.717, 1.165) is 0 Å². The molecule has 0 aliphatic carbocycles. The van der Waals surface area contributed by atoms with Crippen LogP contribution in [-0.2, 0) is 20.7 Å². The minimum Gasteiger partial charge on any atom is -0.548 e. The number of phenols is 1. The number of benzene rings is 1. The molecule has 1 aromatic rings. The lowest BCUT2D eigenvalue weighted by Crippen LogP contribution is -2.53. The number of rotatable bonds is 2.